The molecule has 0 saturated heterocycles. The summed E-state index contributed by atoms with van der Waals surface area (Å²) in [5.41, 5.74) is 3.16. The average Bonchev–Trinajstić information content (AvgIpc) is 2.14. The Balaban J connectivity index is 2.82. The molecule has 3 N–H and O–H groups in total. The molecular formula is C10H15NO3. The van der Waals surface area contributed by atoms with Crippen molar-refractivity contribution in [1.82, 2.24) is 5.48 Å². The first-order chi connectivity index (χ1) is 6.66. The van der Waals surface area contributed by atoms with E-state index >= 15 is 0 Å². The van der Waals surface area contributed by atoms with E-state index in [0.29, 0.717) is 12.2 Å². The number of phenolic OH excluding ortho intramolecular Hbond substituents is 2. The summed E-state index contributed by atoms with van der Waals surface area (Å²) in [5.74, 6) is 0.120. The van der Waals surface area contributed by atoms with Crippen LogP contribution in [0.2, 0.25) is 0 Å². The van der Waals surface area contributed by atoms with Crippen LogP contribution in [-0.2, 0) is 4.84 Å². The third-order valence-electron chi connectivity index (χ3n) is 1.90. The van der Waals surface area contributed by atoms with Gasteiger partial charge < -0.3 is 15.1 Å². The molecule has 1 atom stereocenters. The quantitative estimate of drug-likeness (QED) is 0.643. The molecule has 0 aromatic heterocycles. The Morgan fingerprint density at radius 2 is 1.93 bits per heavy atom. The van der Waals surface area contributed by atoms with E-state index in [1.807, 2.05) is 6.92 Å². The summed E-state index contributed by atoms with van der Waals surface area (Å²) < 4.78 is 0. The van der Waals surface area contributed by atoms with Crippen molar-refractivity contribution in [3.63, 3.8) is 0 Å². The summed E-state index contributed by atoms with van der Waals surface area (Å²) in [6.45, 7) is 4.17. The number of aromatic hydroxyl groups is 2. The molecule has 0 aliphatic rings. The van der Waals surface area contributed by atoms with Gasteiger partial charge in [-0.3, -0.25) is 0 Å². The fourth-order valence-corrected chi connectivity index (χ4v) is 1.25. The van der Waals surface area contributed by atoms with Gasteiger partial charge in [-0.05, 0) is 26.0 Å². The lowest BCUT2D eigenvalue weighted by Gasteiger charge is -2.15. The summed E-state index contributed by atoms with van der Waals surface area (Å²) in [6.07, 6.45) is 0. The first kappa shape index (κ1) is 10.8. The van der Waals surface area contributed by atoms with Gasteiger partial charge in [0.25, 0.3) is 0 Å². The van der Waals surface area contributed by atoms with Crippen LogP contribution in [0.15, 0.2) is 18.2 Å². The zero-order valence-corrected chi connectivity index (χ0v) is 8.32. The SMILES string of the molecule is CCONC(C)c1c(O)cccc1O. The Labute approximate surface area is 83.1 Å². The van der Waals surface area contributed by atoms with E-state index in [1.165, 1.54) is 12.1 Å². The predicted molar refractivity (Wildman–Crippen MR) is 52.9 cm³/mol. The topological polar surface area (TPSA) is 61.7 Å². The highest BCUT2D eigenvalue weighted by molar-refractivity contribution is 5.44. The average molecular weight is 197 g/mol. The molecule has 0 fully saturated rings. The Bertz CT molecular complexity index is 281. The lowest BCUT2D eigenvalue weighted by molar-refractivity contribution is 0.0274. The van der Waals surface area contributed by atoms with Crippen molar-refractivity contribution in [2.75, 3.05) is 6.61 Å². The molecule has 4 heteroatoms. The molecule has 1 aromatic carbocycles. The summed E-state index contributed by atoms with van der Waals surface area (Å²) in [5, 5.41) is 19.0. The summed E-state index contributed by atoms with van der Waals surface area (Å²) in [4.78, 5) is 4.99. The van der Waals surface area contributed by atoms with Gasteiger partial charge in [0.05, 0.1) is 18.2 Å². The fourth-order valence-electron chi connectivity index (χ4n) is 1.25. The minimum atomic E-state index is -0.254. The molecule has 0 bridgehead atoms. The molecular weight excluding hydrogens is 182 g/mol. The second kappa shape index (κ2) is 4.83. The first-order valence-electron chi connectivity index (χ1n) is 4.55. The van der Waals surface area contributed by atoms with Crippen LogP contribution in [0.1, 0.15) is 25.5 Å². The first-order valence-corrected chi connectivity index (χ1v) is 4.55. The Morgan fingerprint density at radius 1 is 1.36 bits per heavy atom. The van der Waals surface area contributed by atoms with Crippen molar-refractivity contribution in [3.8, 4) is 11.5 Å². The van der Waals surface area contributed by atoms with E-state index in [1.54, 1.807) is 13.0 Å². The number of hydrogen-bond acceptors (Lipinski definition) is 4. The Kier molecular flexibility index (Phi) is 3.73. The van der Waals surface area contributed by atoms with E-state index in [2.05, 4.69) is 5.48 Å². The second-order valence-electron chi connectivity index (χ2n) is 2.98. The molecule has 0 amide bonds. The maximum Gasteiger partial charge on any atom is 0.124 e. The van der Waals surface area contributed by atoms with Crippen molar-refractivity contribution in [2.45, 2.75) is 19.9 Å². The van der Waals surface area contributed by atoms with Gasteiger partial charge in [-0.15, -0.1) is 0 Å². The van der Waals surface area contributed by atoms with Crippen LogP contribution < -0.4 is 5.48 Å². The number of rotatable bonds is 4. The molecule has 1 rings (SSSR count). The molecule has 1 unspecified atom stereocenters. The monoisotopic (exact) mass is 197 g/mol. The minimum absolute atomic E-state index is 0.0599. The summed E-state index contributed by atoms with van der Waals surface area (Å²) in [7, 11) is 0. The van der Waals surface area contributed by atoms with Gasteiger partial charge in [-0.25, -0.2) is 0 Å². The highest BCUT2D eigenvalue weighted by atomic mass is 16.6. The number of benzene rings is 1. The van der Waals surface area contributed by atoms with Crippen LogP contribution >= 0.6 is 0 Å². The number of phenols is 2. The molecule has 0 heterocycles. The normalized spacial score (nSPS) is 12.7. The third-order valence-corrected chi connectivity index (χ3v) is 1.90. The standard InChI is InChI=1S/C10H15NO3/c1-3-14-11-7(2)10-8(12)5-4-6-9(10)13/h4-7,11-13H,3H2,1-2H3. The van der Waals surface area contributed by atoms with Crippen LogP contribution in [0, 0.1) is 0 Å². The molecule has 0 saturated carbocycles. The minimum Gasteiger partial charge on any atom is -0.507 e. The van der Waals surface area contributed by atoms with Gasteiger partial charge in [-0.2, -0.15) is 5.48 Å². The van der Waals surface area contributed by atoms with E-state index in [4.69, 9.17) is 4.84 Å². The third kappa shape index (κ3) is 2.37. The molecule has 0 spiro atoms. The lowest BCUT2D eigenvalue weighted by Crippen LogP contribution is -2.19. The van der Waals surface area contributed by atoms with Gasteiger partial charge in [-0.1, -0.05) is 6.07 Å². The summed E-state index contributed by atoms with van der Waals surface area (Å²) in [6, 6.07) is 4.39. The number of nitrogens with one attached hydrogen (secondary N) is 1. The van der Waals surface area contributed by atoms with Crippen molar-refractivity contribution >= 4 is 0 Å². The molecule has 4 nitrogen and oxygen atoms in total. The van der Waals surface area contributed by atoms with Crippen LogP contribution in [-0.4, -0.2) is 16.8 Å². The zero-order valence-electron chi connectivity index (χ0n) is 8.32. The molecule has 0 aliphatic heterocycles. The highest BCUT2D eigenvalue weighted by Gasteiger charge is 2.14. The van der Waals surface area contributed by atoms with Crippen LogP contribution in [0.4, 0.5) is 0 Å². The van der Waals surface area contributed by atoms with E-state index in [-0.39, 0.29) is 17.5 Å². The largest absolute Gasteiger partial charge is 0.507 e. The van der Waals surface area contributed by atoms with Gasteiger partial charge in [0, 0.05) is 0 Å². The molecule has 78 valence electrons. The van der Waals surface area contributed by atoms with Gasteiger partial charge in [0.2, 0.25) is 0 Å². The van der Waals surface area contributed by atoms with Gasteiger partial charge in [0.1, 0.15) is 11.5 Å². The molecule has 1 aromatic rings. The van der Waals surface area contributed by atoms with Crippen LogP contribution in [0.3, 0.4) is 0 Å². The number of hydroxylamine groups is 1. The highest BCUT2D eigenvalue weighted by Crippen LogP contribution is 2.31. The predicted octanol–water partition coefficient (Wildman–Crippen LogP) is 1.70. The number of hydrogen-bond donors (Lipinski definition) is 3. The molecule has 0 radical (unpaired) electrons. The van der Waals surface area contributed by atoms with Gasteiger partial charge >= 0.3 is 0 Å². The van der Waals surface area contributed by atoms with Crippen molar-refractivity contribution in [3.05, 3.63) is 23.8 Å². The van der Waals surface area contributed by atoms with Crippen molar-refractivity contribution in [2.24, 2.45) is 0 Å². The smallest absolute Gasteiger partial charge is 0.124 e. The van der Waals surface area contributed by atoms with Crippen LogP contribution in [0.25, 0.3) is 0 Å². The fraction of sp³-hybridized carbons (Fsp3) is 0.400. The molecule has 14 heavy (non-hydrogen) atoms. The van der Waals surface area contributed by atoms with E-state index in [0.717, 1.165) is 0 Å². The Morgan fingerprint density at radius 3 is 2.43 bits per heavy atom. The van der Waals surface area contributed by atoms with Crippen LogP contribution in [0.5, 0.6) is 11.5 Å². The van der Waals surface area contributed by atoms with Crippen molar-refractivity contribution < 1.29 is 15.1 Å². The van der Waals surface area contributed by atoms with Gasteiger partial charge in [0.15, 0.2) is 0 Å². The maximum atomic E-state index is 9.51. The zero-order chi connectivity index (χ0) is 10.6. The summed E-state index contributed by atoms with van der Waals surface area (Å²) >= 11 is 0. The van der Waals surface area contributed by atoms with E-state index in [9.17, 15) is 10.2 Å². The lowest BCUT2D eigenvalue weighted by atomic mass is 10.1. The van der Waals surface area contributed by atoms with Crippen molar-refractivity contribution in [1.29, 1.82) is 0 Å². The second-order valence-corrected chi connectivity index (χ2v) is 2.98. The maximum absolute atomic E-state index is 9.51. The Hall–Kier alpha value is -1.26. The molecule has 0 aliphatic carbocycles. The van der Waals surface area contributed by atoms with E-state index < -0.39 is 0 Å².